The third-order valence-corrected chi connectivity index (χ3v) is 4.14. The number of carbonyl (C=O) groups is 1. The van der Waals surface area contributed by atoms with Crippen molar-refractivity contribution in [2.75, 3.05) is 18.6 Å². The van der Waals surface area contributed by atoms with Crippen molar-refractivity contribution in [1.82, 2.24) is 0 Å². The van der Waals surface area contributed by atoms with Crippen LogP contribution < -0.4 is 4.90 Å². The van der Waals surface area contributed by atoms with E-state index < -0.39 is 10.7 Å². The van der Waals surface area contributed by atoms with Crippen LogP contribution in [-0.2, 0) is 9.53 Å². The van der Waals surface area contributed by atoms with Gasteiger partial charge < -0.3 is 9.64 Å². The molecule has 114 valence electrons. The van der Waals surface area contributed by atoms with Crippen molar-refractivity contribution in [3.63, 3.8) is 0 Å². The second-order valence-corrected chi connectivity index (χ2v) is 5.64. The first kappa shape index (κ1) is 15.7. The summed E-state index contributed by atoms with van der Waals surface area (Å²) in [5.41, 5.74) is 0.0205. The van der Waals surface area contributed by atoms with Gasteiger partial charge in [0.15, 0.2) is 0 Å². The van der Waals surface area contributed by atoms with Gasteiger partial charge in [-0.25, -0.2) is 4.39 Å². The Hall–Kier alpha value is -1.70. The molecule has 1 saturated heterocycles. The van der Waals surface area contributed by atoms with Gasteiger partial charge >= 0.3 is 5.97 Å². The molecule has 0 aliphatic carbocycles. The number of nitro benzene ring substituents is 1. The van der Waals surface area contributed by atoms with E-state index in [9.17, 15) is 19.3 Å². The number of hydrogen-bond acceptors (Lipinski definition) is 5. The number of rotatable bonds is 4. The van der Waals surface area contributed by atoms with Gasteiger partial charge in [0.2, 0.25) is 0 Å². The van der Waals surface area contributed by atoms with Crippen LogP contribution in [0.1, 0.15) is 19.3 Å². The summed E-state index contributed by atoms with van der Waals surface area (Å²) in [7, 11) is 1.30. The maximum atomic E-state index is 13.5. The van der Waals surface area contributed by atoms with E-state index in [0.717, 1.165) is 18.9 Å². The Morgan fingerprint density at radius 1 is 1.62 bits per heavy atom. The summed E-state index contributed by atoms with van der Waals surface area (Å²) in [6.07, 6.45) is 1.71. The maximum absolute atomic E-state index is 13.5. The normalized spacial score (nSPS) is 17.9. The predicted octanol–water partition coefficient (Wildman–Crippen LogP) is 3.03. The van der Waals surface area contributed by atoms with Crippen LogP contribution in [0.15, 0.2) is 16.6 Å². The Balaban J connectivity index is 2.37. The summed E-state index contributed by atoms with van der Waals surface area (Å²) >= 11 is 3.04. The van der Waals surface area contributed by atoms with Gasteiger partial charge in [-0.3, -0.25) is 14.9 Å². The van der Waals surface area contributed by atoms with E-state index in [2.05, 4.69) is 20.7 Å². The Kier molecular flexibility index (Phi) is 4.76. The number of ether oxygens (including phenoxy) is 1. The summed E-state index contributed by atoms with van der Waals surface area (Å²) in [6.45, 7) is 0.584. The molecule has 1 aromatic rings. The maximum Gasteiger partial charge on any atom is 0.307 e. The molecule has 0 radical (unpaired) electrons. The Labute approximate surface area is 129 Å². The van der Waals surface area contributed by atoms with Gasteiger partial charge in [-0.2, -0.15) is 0 Å². The van der Waals surface area contributed by atoms with E-state index in [1.54, 1.807) is 4.90 Å². The van der Waals surface area contributed by atoms with Crippen molar-refractivity contribution in [2.45, 2.75) is 25.3 Å². The first-order chi connectivity index (χ1) is 9.93. The highest BCUT2D eigenvalue weighted by atomic mass is 79.9. The molecule has 1 fully saturated rings. The number of hydrogen-bond donors (Lipinski definition) is 0. The molecule has 1 unspecified atom stereocenters. The minimum absolute atomic E-state index is 0.155. The molecule has 0 aromatic heterocycles. The topological polar surface area (TPSA) is 72.7 Å². The Morgan fingerprint density at radius 3 is 2.95 bits per heavy atom. The Bertz CT molecular complexity index is 582. The van der Waals surface area contributed by atoms with Crippen LogP contribution >= 0.6 is 15.9 Å². The molecule has 1 aromatic carbocycles. The molecule has 0 saturated carbocycles. The lowest BCUT2D eigenvalue weighted by Gasteiger charge is -2.26. The van der Waals surface area contributed by atoms with E-state index in [-0.39, 0.29) is 28.6 Å². The lowest BCUT2D eigenvalue weighted by Crippen LogP contribution is -2.32. The number of nitro groups is 1. The van der Waals surface area contributed by atoms with E-state index >= 15 is 0 Å². The lowest BCUT2D eigenvalue weighted by molar-refractivity contribution is -0.384. The number of carbonyl (C=O) groups excluding carboxylic acids is 1. The average molecular weight is 361 g/mol. The van der Waals surface area contributed by atoms with Crippen LogP contribution in [0.3, 0.4) is 0 Å². The summed E-state index contributed by atoms with van der Waals surface area (Å²) < 4.78 is 18.3. The van der Waals surface area contributed by atoms with Crippen molar-refractivity contribution in [2.24, 2.45) is 0 Å². The van der Waals surface area contributed by atoms with E-state index in [1.165, 1.54) is 13.2 Å². The molecule has 1 atom stereocenters. The van der Waals surface area contributed by atoms with Crippen molar-refractivity contribution < 1.29 is 18.8 Å². The number of nitrogens with zero attached hydrogens (tertiary/aromatic N) is 2. The predicted molar refractivity (Wildman–Crippen MR) is 77.8 cm³/mol. The summed E-state index contributed by atoms with van der Waals surface area (Å²) in [5.74, 6) is -1.05. The summed E-state index contributed by atoms with van der Waals surface area (Å²) in [4.78, 5) is 23.7. The molecule has 0 bridgehead atoms. The molecule has 1 aliphatic heterocycles. The second-order valence-electron chi connectivity index (χ2n) is 4.78. The molecule has 21 heavy (non-hydrogen) atoms. The molecule has 0 spiro atoms. The third kappa shape index (κ3) is 3.31. The Morgan fingerprint density at radius 2 is 2.33 bits per heavy atom. The first-order valence-corrected chi connectivity index (χ1v) is 7.20. The van der Waals surface area contributed by atoms with Crippen molar-refractivity contribution in [3.05, 3.63) is 32.5 Å². The van der Waals surface area contributed by atoms with Crippen LogP contribution in [0, 0.1) is 15.9 Å². The minimum Gasteiger partial charge on any atom is -0.469 e. The second kappa shape index (κ2) is 6.38. The largest absolute Gasteiger partial charge is 0.469 e. The lowest BCUT2D eigenvalue weighted by atomic mass is 10.1. The molecular weight excluding hydrogens is 347 g/mol. The monoisotopic (exact) mass is 360 g/mol. The highest BCUT2D eigenvalue weighted by Crippen LogP contribution is 2.37. The van der Waals surface area contributed by atoms with Gasteiger partial charge in [0, 0.05) is 12.6 Å². The van der Waals surface area contributed by atoms with Gasteiger partial charge in [0.05, 0.1) is 29.0 Å². The molecule has 6 nitrogen and oxygen atoms in total. The smallest absolute Gasteiger partial charge is 0.307 e. The minimum atomic E-state index is -0.686. The van der Waals surface area contributed by atoms with Gasteiger partial charge in [-0.1, -0.05) is 0 Å². The number of anilines is 1. The van der Waals surface area contributed by atoms with Crippen LogP contribution in [0.5, 0.6) is 0 Å². The van der Waals surface area contributed by atoms with Crippen LogP contribution in [0.4, 0.5) is 15.8 Å². The molecule has 2 rings (SSSR count). The third-order valence-electron chi connectivity index (χ3n) is 3.53. The molecule has 0 amide bonds. The number of benzene rings is 1. The standard InChI is InChI=1S/C13H14BrFN2O4/c1-21-13(18)5-8-3-2-4-16(8)11-6-9(14)10(15)7-12(11)17(19)20/h6-8H,2-5H2,1H3. The van der Waals surface area contributed by atoms with Crippen LogP contribution in [0.2, 0.25) is 0 Å². The molecule has 0 N–H and O–H groups in total. The zero-order chi connectivity index (χ0) is 15.6. The average Bonchev–Trinajstić information content (AvgIpc) is 2.88. The van der Waals surface area contributed by atoms with Gasteiger partial charge in [-0.15, -0.1) is 0 Å². The van der Waals surface area contributed by atoms with Crippen LogP contribution in [0.25, 0.3) is 0 Å². The van der Waals surface area contributed by atoms with E-state index in [1.807, 2.05) is 0 Å². The zero-order valence-electron chi connectivity index (χ0n) is 11.3. The van der Waals surface area contributed by atoms with Crippen LogP contribution in [-0.4, -0.2) is 30.6 Å². The van der Waals surface area contributed by atoms with E-state index in [0.29, 0.717) is 12.2 Å². The summed E-state index contributed by atoms with van der Waals surface area (Å²) in [5, 5.41) is 11.1. The van der Waals surface area contributed by atoms with Crippen molar-refractivity contribution >= 4 is 33.3 Å². The first-order valence-electron chi connectivity index (χ1n) is 6.41. The van der Waals surface area contributed by atoms with E-state index in [4.69, 9.17) is 0 Å². The fourth-order valence-electron chi connectivity index (χ4n) is 2.54. The number of esters is 1. The fraction of sp³-hybridized carbons (Fsp3) is 0.462. The van der Waals surface area contributed by atoms with Gasteiger partial charge in [0.1, 0.15) is 11.5 Å². The number of methoxy groups -OCH3 is 1. The molecule has 8 heteroatoms. The van der Waals surface area contributed by atoms with Gasteiger partial charge in [0.25, 0.3) is 5.69 Å². The quantitative estimate of drug-likeness (QED) is 0.468. The fourth-order valence-corrected chi connectivity index (χ4v) is 2.87. The van der Waals surface area contributed by atoms with Crippen molar-refractivity contribution in [1.29, 1.82) is 0 Å². The highest BCUT2D eigenvalue weighted by Gasteiger charge is 2.32. The zero-order valence-corrected chi connectivity index (χ0v) is 12.9. The van der Waals surface area contributed by atoms with Crippen molar-refractivity contribution in [3.8, 4) is 0 Å². The number of halogens is 2. The summed E-state index contributed by atoms with van der Waals surface area (Å²) in [6, 6.07) is 2.12. The molecular formula is C13H14BrFN2O4. The highest BCUT2D eigenvalue weighted by molar-refractivity contribution is 9.10. The molecule has 1 heterocycles. The SMILES string of the molecule is COC(=O)CC1CCCN1c1cc(Br)c(F)cc1[N+](=O)[O-]. The van der Waals surface area contributed by atoms with Gasteiger partial charge in [-0.05, 0) is 34.8 Å². The molecule has 1 aliphatic rings.